The minimum Gasteiger partial charge on any atom is -0.454 e. The Kier molecular flexibility index (Phi) is 7.75. The molecule has 1 fully saturated rings. The minimum atomic E-state index is -0.129. The van der Waals surface area contributed by atoms with Crippen LogP contribution in [0.4, 0.5) is 0 Å². The first kappa shape index (κ1) is 27.5. The zero-order valence-corrected chi connectivity index (χ0v) is 24.6. The molecule has 7 rings (SSSR count). The number of halogens is 1. The van der Waals surface area contributed by atoms with Crippen LogP contribution in [0.1, 0.15) is 21.9 Å². The molecule has 43 heavy (non-hydrogen) atoms. The molecular weight excluding hydrogens is 588 g/mol. The predicted molar refractivity (Wildman–Crippen MR) is 162 cm³/mol. The van der Waals surface area contributed by atoms with Crippen molar-refractivity contribution in [2.75, 3.05) is 33.0 Å². The molecular formula is C31H27ClN6O4S. The lowest BCUT2D eigenvalue weighted by Gasteiger charge is -2.34. The predicted octanol–water partition coefficient (Wildman–Crippen LogP) is 5.55. The van der Waals surface area contributed by atoms with Crippen LogP contribution in [0.25, 0.3) is 17.1 Å². The zero-order valence-electron chi connectivity index (χ0n) is 23.1. The van der Waals surface area contributed by atoms with Gasteiger partial charge in [0.05, 0.1) is 10.8 Å². The molecule has 5 aromatic rings. The van der Waals surface area contributed by atoms with Crippen LogP contribution in [-0.4, -0.2) is 68.4 Å². The molecule has 1 amide bonds. The summed E-state index contributed by atoms with van der Waals surface area (Å²) in [7, 11) is 0. The smallest absolute Gasteiger partial charge is 0.275 e. The lowest BCUT2D eigenvalue weighted by molar-refractivity contribution is 0.0622. The Morgan fingerprint density at radius 1 is 0.907 bits per heavy atom. The fourth-order valence-electron chi connectivity index (χ4n) is 5.16. The molecule has 0 atom stereocenters. The second-order valence-electron chi connectivity index (χ2n) is 10.1. The van der Waals surface area contributed by atoms with E-state index in [2.05, 4.69) is 26.1 Å². The number of ether oxygens (including phenoxy) is 2. The van der Waals surface area contributed by atoms with Crippen LogP contribution in [0.3, 0.4) is 0 Å². The third-order valence-corrected chi connectivity index (χ3v) is 8.60. The SMILES string of the molecule is O=C(c1coc(CSc2nnc(-c3ccccc3Cl)n2-c2ccccc2)n1)N1CCN(Cc2ccc3c(c2)OCO3)CC1. The van der Waals surface area contributed by atoms with E-state index in [0.717, 1.165) is 47.9 Å². The van der Waals surface area contributed by atoms with Crippen molar-refractivity contribution in [3.05, 3.63) is 101 Å². The lowest BCUT2D eigenvalue weighted by atomic mass is 10.1. The summed E-state index contributed by atoms with van der Waals surface area (Å²) < 4.78 is 18.6. The van der Waals surface area contributed by atoms with Crippen LogP contribution in [0.15, 0.2) is 88.6 Å². The highest BCUT2D eigenvalue weighted by molar-refractivity contribution is 7.98. The van der Waals surface area contributed by atoms with Gasteiger partial charge in [0, 0.05) is 44.0 Å². The lowest BCUT2D eigenvalue weighted by Crippen LogP contribution is -2.48. The number of aromatic nitrogens is 4. The highest BCUT2D eigenvalue weighted by atomic mass is 35.5. The number of carbonyl (C=O) groups is 1. The average Bonchev–Trinajstić information content (AvgIpc) is 3.81. The Bertz CT molecular complexity index is 1750. The van der Waals surface area contributed by atoms with Gasteiger partial charge in [-0.3, -0.25) is 14.3 Å². The Morgan fingerprint density at radius 2 is 1.70 bits per heavy atom. The monoisotopic (exact) mass is 614 g/mol. The zero-order chi connectivity index (χ0) is 29.2. The van der Waals surface area contributed by atoms with Gasteiger partial charge in [-0.1, -0.05) is 59.8 Å². The average molecular weight is 615 g/mol. The summed E-state index contributed by atoms with van der Waals surface area (Å²) in [5.74, 6) is 2.90. The van der Waals surface area contributed by atoms with Crippen molar-refractivity contribution in [2.45, 2.75) is 17.5 Å². The summed E-state index contributed by atoms with van der Waals surface area (Å²) in [5.41, 5.74) is 3.16. The van der Waals surface area contributed by atoms with Gasteiger partial charge in [0.15, 0.2) is 28.2 Å². The second-order valence-corrected chi connectivity index (χ2v) is 11.5. The molecule has 12 heteroatoms. The van der Waals surface area contributed by atoms with E-state index in [4.69, 9.17) is 25.5 Å². The highest BCUT2D eigenvalue weighted by Gasteiger charge is 2.26. The number of oxazole rings is 1. The maximum Gasteiger partial charge on any atom is 0.275 e. The number of piperazine rings is 1. The highest BCUT2D eigenvalue weighted by Crippen LogP contribution is 2.34. The van der Waals surface area contributed by atoms with Gasteiger partial charge in [-0.25, -0.2) is 4.98 Å². The first-order valence-electron chi connectivity index (χ1n) is 13.9. The Hall–Kier alpha value is -4.32. The first-order chi connectivity index (χ1) is 21.1. The second kappa shape index (κ2) is 12.1. The third-order valence-electron chi connectivity index (χ3n) is 7.36. The summed E-state index contributed by atoms with van der Waals surface area (Å²) in [5, 5.41) is 10.2. The Labute approximate surface area is 257 Å². The molecule has 10 nitrogen and oxygen atoms in total. The van der Waals surface area contributed by atoms with Crippen molar-refractivity contribution in [2.24, 2.45) is 0 Å². The quantitative estimate of drug-likeness (QED) is 0.208. The van der Waals surface area contributed by atoms with Crippen molar-refractivity contribution in [1.82, 2.24) is 29.5 Å². The molecule has 218 valence electrons. The van der Waals surface area contributed by atoms with Crippen molar-refractivity contribution < 1.29 is 18.7 Å². The van der Waals surface area contributed by atoms with E-state index in [1.165, 1.54) is 18.0 Å². The number of nitrogens with zero attached hydrogens (tertiary/aromatic N) is 6. The minimum absolute atomic E-state index is 0.129. The van der Waals surface area contributed by atoms with Crippen molar-refractivity contribution in [3.8, 4) is 28.6 Å². The molecule has 0 radical (unpaired) electrons. The van der Waals surface area contributed by atoms with E-state index < -0.39 is 0 Å². The van der Waals surface area contributed by atoms with Gasteiger partial charge in [0.2, 0.25) is 12.7 Å². The number of benzene rings is 3. The van der Waals surface area contributed by atoms with Crippen molar-refractivity contribution in [3.63, 3.8) is 0 Å². The Morgan fingerprint density at radius 3 is 2.53 bits per heavy atom. The molecule has 0 aliphatic carbocycles. The van der Waals surface area contributed by atoms with Crippen LogP contribution in [0.2, 0.25) is 5.02 Å². The summed E-state index contributed by atoms with van der Waals surface area (Å²) >= 11 is 7.93. The Balaban J connectivity index is 0.990. The van der Waals surface area contributed by atoms with E-state index >= 15 is 0 Å². The van der Waals surface area contributed by atoms with E-state index in [-0.39, 0.29) is 12.7 Å². The van der Waals surface area contributed by atoms with Gasteiger partial charge in [-0.2, -0.15) is 0 Å². The molecule has 0 saturated carbocycles. The van der Waals surface area contributed by atoms with Crippen LogP contribution in [0.5, 0.6) is 11.5 Å². The van der Waals surface area contributed by atoms with E-state index in [9.17, 15) is 4.79 Å². The third kappa shape index (κ3) is 5.83. The normalized spacial score (nSPS) is 14.8. The van der Waals surface area contributed by atoms with E-state index in [0.29, 0.717) is 46.4 Å². The standard InChI is InChI=1S/C31H27ClN6O4S/c32-24-9-5-4-8-23(24)29-34-35-31(38(29)22-6-2-1-3-7-22)43-19-28-33-25(18-40-28)30(39)37-14-12-36(13-15-37)17-21-10-11-26-27(16-21)42-20-41-26/h1-11,16,18H,12-15,17,19-20H2. The van der Waals surface area contributed by atoms with E-state index in [1.54, 1.807) is 0 Å². The summed E-state index contributed by atoms with van der Waals surface area (Å²) in [6.45, 7) is 3.82. The van der Waals surface area contributed by atoms with E-state index in [1.807, 2.05) is 76.2 Å². The van der Waals surface area contributed by atoms with Gasteiger partial charge in [0.1, 0.15) is 6.26 Å². The number of hydrogen-bond acceptors (Lipinski definition) is 9. The topological polar surface area (TPSA) is 98.8 Å². The van der Waals surface area contributed by atoms with Gasteiger partial charge in [-0.15, -0.1) is 10.2 Å². The summed E-state index contributed by atoms with van der Waals surface area (Å²) in [6.07, 6.45) is 1.44. The molecule has 3 aromatic carbocycles. The number of para-hydroxylation sites is 1. The number of thioether (sulfide) groups is 1. The molecule has 0 N–H and O–H groups in total. The molecule has 2 aromatic heterocycles. The van der Waals surface area contributed by atoms with Crippen molar-refractivity contribution >= 4 is 29.3 Å². The molecule has 4 heterocycles. The number of hydrogen-bond donors (Lipinski definition) is 0. The largest absolute Gasteiger partial charge is 0.454 e. The van der Waals surface area contributed by atoms with Gasteiger partial charge >= 0.3 is 0 Å². The van der Waals surface area contributed by atoms with Gasteiger partial charge in [-0.05, 0) is 42.0 Å². The molecule has 2 aliphatic rings. The van der Waals surface area contributed by atoms with Gasteiger partial charge < -0.3 is 18.8 Å². The van der Waals surface area contributed by atoms with Crippen LogP contribution >= 0.6 is 23.4 Å². The molecule has 0 spiro atoms. The first-order valence-corrected chi connectivity index (χ1v) is 15.2. The number of fused-ring (bicyclic) bond motifs is 1. The summed E-state index contributed by atoms with van der Waals surface area (Å²) in [6, 6.07) is 23.4. The number of amides is 1. The fraction of sp³-hybridized carbons (Fsp3) is 0.226. The summed E-state index contributed by atoms with van der Waals surface area (Å²) in [4.78, 5) is 21.9. The molecule has 2 aliphatic heterocycles. The molecule has 0 bridgehead atoms. The number of rotatable bonds is 8. The van der Waals surface area contributed by atoms with Crippen LogP contribution < -0.4 is 9.47 Å². The van der Waals surface area contributed by atoms with Crippen LogP contribution in [0, 0.1) is 0 Å². The maximum atomic E-state index is 13.2. The maximum absolute atomic E-state index is 13.2. The van der Waals surface area contributed by atoms with Crippen LogP contribution in [-0.2, 0) is 12.3 Å². The number of carbonyl (C=O) groups excluding carboxylic acids is 1. The van der Waals surface area contributed by atoms with Gasteiger partial charge in [0.25, 0.3) is 5.91 Å². The van der Waals surface area contributed by atoms with Crippen molar-refractivity contribution in [1.29, 1.82) is 0 Å². The fourth-order valence-corrected chi connectivity index (χ4v) is 6.19. The molecule has 1 saturated heterocycles. The molecule has 0 unspecified atom stereocenters.